The van der Waals surface area contributed by atoms with Crippen LogP contribution < -0.4 is 0 Å². The molecule has 0 aromatic heterocycles. The number of oxime groups is 1. The van der Waals surface area contributed by atoms with E-state index in [2.05, 4.69) is 45.0 Å². The van der Waals surface area contributed by atoms with Crippen molar-refractivity contribution in [2.24, 2.45) is 28.8 Å². The van der Waals surface area contributed by atoms with E-state index in [0.717, 1.165) is 49.1 Å². The molecule has 4 aliphatic heterocycles. The van der Waals surface area contributed by atoms with Crippen LogP contribution >= 0.6 is 0 Å². The predicted octanol–water partition coefficient (Wildman–Crippen LogP) is 5.13. The highest BCUT2D eigenvalue weighted by Gasteiger charge is 2.54. The fourth-order valence-electron chi connectivity index (χ4n) is 12.2. The van der Waals surface area contributed by atoms with Crippen LogP contribution in [-0.4, -0.2) is 210 Å². The van der Waals surface area contributed by atoms with Crippen LogP contribution in [0.1, 0.15) is 100 Å². The van der Waals surface area contributed by atoms with Gasteiger partial charge in [0, 0.05) is 90.2 Å². The molecule has 5 N–H and O–H groups in total. The van der Waals surface area contributed by atoms with E-state index in [1.807, 2.05) is 59.0 Å². The highest BCUT2D eigenvalue weighted by molar-refractivity contribution is 5.89. The zero-order valence-corrected chi connectivity index (χ0v) is 47.7. The lowest BCUT2D eigenvalue weighted by molar-refractivity contribution is -0.319. The molecule has 0 saturated carbocycles. The molecule has 2 aromatic rings. The van der Waals surface area contributed by atoms with E-state index >= 15 is 0 Å². The topological polar surface area (TPSA) is 214 Å². The molecule has 2 aromatic carbocycles. The van der Waals surface area contributed by atoms with Crippen molar-refractivity contribution in [1.82, 2.24) is 14.7 Å². The van der Waals surface area contributed by atoms with E-state index in [0.29, 0.717) is 25.2 Å². The molecule has 76 heavy (non-hydrogen) atoms. The minimum absolute atomic E-state index is 0.116. The van der Waals surface area contributed by atoms with E-state index in [1.54, 1.807) is 41.7 Å². The van der Waals surface area contributed by atoms with Crippen LogP contribution in [0, 0.1) is 23.7 Å². The molecular weight excluding hydrogens is 977 g/mol. The average Bonchev–Trinajstić information content (AvgIpc) is 3.40. The molecule has 18 heteroatoms. The Morgan fingerprint density at radius 1 is 0.842 bits per heavy atom. The number of rotatable bonds is 17. The van der Waals surface area contributed by atoms with Crippen LogP contribution in [0.25, 0.3) is 10.8 Å². The Kier molecular flexibility index (Phi) is 22.3. The van der Waals surface area contributed by atoms with Crippen LogP contribution in [0.5, 0.6) is 0 Å². The Bertz CT molecular complexity index is 2190. The van der Waals surface area contributed by atoms with E-state index < -0.39 is 102 Å². The second-order valence-corrected chi connectivity index (χ2v) is 23.0. The molecule has 0 unspecified atom stereocenters. The number of aliphatic hydroxyl groups excluding tert-OH is 4. The molecule has 18 atom stereocenters. The molecule has 430 valence electrons. The average molecular weight is 1070 g/mol. The molecule has 4 fully saturated rings. The van der Waals surface area contributed by atoms with Gasteiger partial charge in [-0.1, -0.05) is 75.3 Å². The van der Waals surface area contributed by atoms with Gasteiger partial charge in [-0.05, 0) is 96.3 Å². The van der Waals surface area contributed by atoms with E-state index in [4.69, 9.17) is 43.2 Å². The number of fused-ring (bicyclic) bond motifs is 1. The number of methoxy groups -OCH3 is 2. The van der Waals surface area contributed by atoms with Gasteiger partial charge in [0.05, 0.1) is 60.0 Å². The largest absolute Gasteiger partial charge is 0.459 e. The lowest BCUT2D eigenvalue weighted by atomic mass is 9.73. The summed E-state index contributed by atoms with van der Waals surface area (Å²) in [6.07, 6.45) is -4.97. The van der Waals surface area contributed by atoms with Crippen molar-refractivity contribution in [3.05, 3.63) is 60.2 Å². The maximum absolute atomic E-state index is 14.8. The number of nitrogens with zero attached hydrogens (tertiary/aromatic N) is 4. The number of β-amino-alcohol motifs (C(OH)–C–C–N with tert-alkyl or cyclic N) is 1. The SMILES string of the molecule is CC[C@H]1OC(=O)[C@H](C)[C@@H](O[C@H]2C[C@@](C)(OC)[C@@H](O)[C@H](C)O2)[C@H](C)[C@@H](O[C@@H]2O[C@H](C)C[C@H](N(C)Cc3ccc4ccccc4c3)[C@H]2O)[C@@](C)(OC)C[C@@H](C)/C(=N\OC/C=C/CN2CCN(CCO)CC2)[C@H](C)[C@@H](O)[C@]1(C)O. The fraction of sp³-hybridized carbons (Fsp3) is 0.759. The molecule has 6 rings (SSSR count). The van der Waals surface area contributed by atoms with Crippen LogP contribution in [-0.2, 0) is 49.3 Å². The number of aliphatic hydroxyl groups is 5. The molecule has 18 nitrogen and oxygen atoms in total. The predicted molar refractivity (Wildman–Crippen MR) is 290 cm³/mol. The fourth-order valence-corrected chi connectivity index (χ4v) is 12.2. The van der Waals surface area contributed by atoms with Crippen molar-refractivity contribution < 1.29 is 68.3 Å². The first-order chi connectivity index (χ1) is 36.0. The molecule has 0 aliphatic carbocycles. The van der Waals surface area contributed by atoms with Crippen molar-refractivity contribution in [2.45, 2.75) is 186 Å². The van der Waals surface area contributed by atoms with Gasteiger partial charge in [0.15, 0.2) is 12.6 Å². The van der Waals surface area contributed by atoms with E-state index in [9.17, 15) is 30.3 Å². The summed E-state index contributed by atoms with van der Waals surface area (Å²) < 4.78 is 45.8. The molecular formula is C58H94N4O14. The van der Waals surface area contributed by atoms with Gasteiger partial charge < -0.3 is 63.5 Å². The molecule has 4 heterocycles. The van der Waals surface area contributed by atoms with Gasteiger partial charge in [-0.3, -0.25) is 19.5 Å². The summed E-state index contributed by atoms with van der Waals surface area (Å²) in [5.74, 6) is -3.78. The van der Waals surface area contributed by atoms with Gasteiger partial charge in [-0.2, -0.15) is 0 Å². The first kappa shape index (κ1) is 62.0. The number of esters is 1. The van der Waals surface area contributed by atoms with Gasteiger partial charge in [0.2, 0.25) is 0 Å². The smallest absolute Gasteiger partial charge is 0.311 e. The van der Waals surface area contributed by atoms with E-state index in [-0.39, 0.29) is 44.6 Å². The summed E-state index contributed by atoms with van der Waals surface area (Å²) in [6.45, 7) is 23.8. The number of hydrogen-bond donors (Lipinski definition) is 5. The lowest BCUT2D eigenvalue weighted by Crippen LogP contribution is -2.61. The monoisotopic (exact) mass is 1070 g/mol. The van der Waals surface area contributed by atoms with Crippen LogP contribution in [0.4, 0.5) is 0 Å². The number of carbonyl (C=O) groups excluding carboxylic acids is 1. The Balaban J connectivity index is 1.37. The maximum Gasteiger partial charge on any atom is 0.311 e. The third kappa shape index (κ3) is 14.8. The summed E-state index contributed by atoms with van der Waals surface area (Å²) in [6, 6.07) is 14.2. The zero-order chi connectivity index (χ0) is 55.7. The zero-order valence-electron chi connectivity index (χ0n) is 47.7. The molecule has 4 aliphatic rings. The summed E-state index contributed by atoms with van der Waals surface area (Å²) in [7, 11) is 5.11. The maximum atomic E-state index is 14.8. The number of benzene rings is 2. The highest BCUT2D eigenvalue weighted by Crippen LogP contribution is 2.42. The minimum Gasteiger partial charge on any atom is -0.459 e. The van der Waals surface area contributed by atoms with Crippen molar-refractivity contribution in [3.8, 4) is 0 Å². The van der Waals surface area contributed by atoms with Crippen molar-refractivity contribution >= 4 is 22.5 Å². The molecule has 0 bridgehead atoms. The molecule has 0 amide bonds. The lowest BCUT2D eigenvalue weighted by Gasteiger charge is -2.50. The summed E-state index contributed by atoms with van der Waals surface area (Å²) in [5, 5.41) is 64.6. The van der Waals surface area contributed by atoms with Gasteiger partial charge in [0.1, 0.15) is 30.5 Å². The summed E-state index contributed by atoms with van der Waals surface area (Å²) in [5.41, 5.74) is -2.74. The Hall–Kier alpha value is -3.18. The standard InChI is InChI=1S/C58H94N4O14/c1-14-46-58(10,68)51(65)38(4)48(59-71-30-18-17-23-61-24-26-62(27-25-61)28-29-63)36(2)33-57(9,70-13)53(39(5)50(40(6)54(67)74-46)75-47-34-56(8,69-12)52(66)41(7)73-47)76-55-49(64)45(31-37(3)72-55)60(11)35-42-21-22-43-19-15-16-20-44(43)32-42/h15-22,32,36-41,45-47,49-53,55,63-66,68H,14,23-31,33-35H2,1-13H3/b18-17+,59-48+/t36-,37-,38+,39+,40-,41+,45+,46-,47+,49-,50+,51-,52+,53-,55+,56-,57+,58-/m1/s1. The molecule has 4 saturated heterocycles. The molecule has 0 radical (unpaired) electrons. The van der Waals surface area contributed by atoms with Crippen LogP contribution in [0.15, 0.2) is 59.8 Å². The second-order valence-electron chi connectivity index (χ2n) is 23.0. The minimum atomic E-state index is -1.95. The first-order valence-corrected chi connectivity index (χ1v) is 27.8. The van der Waals surface area contributed by atoms with E-state index in [1.165, 1.54) is 14.0 Å². The van der Waals surface area contributed by atoms with Gasteiger partial charge >= 0.3 is 5.97 Å². The number of carbonyl (C=O) groups is 1. The third-order valence-electron chi connectivity index (χ3n) is 17.2. The third-order valence-corrected chi connectivity index (χ3v) is 17.2. The Morgan fingerprint density at radius 2 is 1.51 bits per heavy atom. The second kappa shape index (κ2) is 27.3. The van der Waals surface area contributed by atoms with Crippen molar-refractivity contribution in [1.29, 1.82) is 0 Å². The normalized spacial score (nSPS) is 39.6. The van der Waals surface area contributed by atoms with Gasteiger partial charge in [-0.15, -0.1) is 0 Å². The van der Waals surface area contributed by atoms with Crippen LogP contribution in [0.3, 0.4) is 0 Å². The Morgan fingerprint density at radius 3 is 2.17 bits per heavy atom. The number of cyclic esters (lactones) is 1. The van der Waals surface area contributed by atoms with Gasteiger partial charge in [-0.25, -0.2) is 0 Å². The molecule has 0 spiro atoms. The number of piperazine rings is 1. The van der Waals surface area contributed by atoms with Gasteiger partial charge in [0.25, 0.3) is 0 Å². The first-order valence-electron chi connectivity index (χ1n) is 27.8. The van der Waals surface area contributed by atoms with Crippen molar-refractivity contribution in [3.63, 3.8) is 0 Å². The van der Waals surface area contributed by atoms with Crippen LogP contribution in [0.2, 0.25) is 0 Å². The summed E-state index contributed by atoms with van der Waals surface area (Å²) in [4.78, 5) is 27.5. The number of hydrogen-bond acceptors (Lipinski definition) is 18. The quantitative estimate of drug-likeness (QED) is 0.0601. The number of likely N-dealkylation sites (N-methyl/N-ethyl adjacent to an activating group) is 1. The number of ether oxygens (including phenoxy) is 7. The Labute approximate surface area is 452 Å². The highest BCUT2D eigenvalue weighted by atomic mass is 16.7. The summed E-state index contributed by atoms with van der Waals surface area (Å²) >= 11 is 0. The van der Waals surface area contributed by atoms with Crippen molar-refractivity contribution in [2.75, 3.05) is 73.7 Å².